The second-order valence-corrected chi connectivity index (χ2v) is 3.82. The molecule has 0 heterocycles. The summed E-state index contributed by atoms with van der Waals surface area (Å²) in [5.41, 5.74) is 6.07. The highest BCUT2D eigenvalue weighted by molar-refractivity contribution is 5.75. The predicted octanol–water partition coefficient (Wildman–Crippen LogP) is 1.52. The molecule has 0 saturated heterocycles. The third-order valence-electron chi connectivity index (χ3n) is 2.37. The summed E-state index contributed by atoms with van der Waals surface area (Å²) < 4.78 is 4.94. The maximum Gasteiger partial charge on any atom is 0.410 e. The van der Waals surface area contributed by atoms with Crippen LogP contribution in [0, 0.1) is 0 Å². The molecule has 18 heavy (non-hydrogen) atoms. The van der Waals surface area contributed by atoms with E-state index in [0.717, 1.165) is 5.56 Å². The SMILES string of the molecule is CCOC(=O)N(CCC(N)=O)Cc1ccccc1. The molecule has 0 spiro atoms. The summed E-state index contributed by atoms with van der Waals surface area (Å²) in [4.78, 5) is 24.0. The molecule has 2 amide bonds. The fourth-order valence-electron chi connectivity index (χ4n) is 1.50. The fraction of sp³-hybridized carbons (Fsp3) is 0.385. The summed E-state index contributed by atoms with van der Waals surface area (Å²) in [5, 5.41) is 0. The topological polar surface area (TPSA) is 72.6 Å². The van der Waals surface area contributed by atoms with Crippen LogP contribution in [-0.4, -0.2) is 30.1 Å². The minimum atomic E-state index is -0.433. The highest BCUT2D eigenvalue weighted by Crippen LogP contribution is 2.06. The first kappa shape index (κ1) is 14.0. The van der Waals surface area contributed by atoms with Crippen molar-refractivity contribution < 1.29 is 14.3 Å². The summed E-state index contributed by atoms with van der Waals surface area (Å²) in [7, 11) is 0. The number of primary amides is 1. The molecule has 0 aliphatic rings. The van der Waals surface area contributed by atoms with Gasteiger partial charge in [0, 0.05) is 19.5 Å². The summed E-state index contributed by atoms with van der Waals surface area (Å²) in [5.74, 6) is -0.433. The van der Waals surface area contributed by atoms with Crippen molar-refractivity contribution in [2.45, 2.75) is 19.9 Å². The first-order chi connectivity index (χ1) is 8.63. The quantitative estimate of drug-likeness (QED) is 0.832. The predicted molar refractivity (Wildman–Crippen MR) is 67.7 cm³/mol. The van der Waals surface area contributed by atoms with E-state index in [1.807, 2.05) is 30.3 Å². The maximum absolute atomic E-state index is 11.7. The van der Waals surface area contributed by atoms with Gasteiger partial charge in [-0.15, -0.1) is 0 Å². The Hall–Kier alpha value is -2.04. The smallest absolute Gasteiger partial charge is 0.410 e. The molecule has 0 unspecified atom stereocenters. The first-order valence-corrected chi connectivity index (χ1v) is 5.87. The van der Waals surface area contributed by atoms with Gasteiger partial charge in [-0.3, -0.25) is 4.79 Å². The van der Waals surface area contributed by atoms with E-state index in [1.54, 1.807) is 6.92 Å². The lowest BCUT2D eigenvalue weighted by molar-refractivity contribution is -0.118. The lowest BCUT2D eigenvalue weighted by atomic mass is 10.2. The molecule has 2 N–H and O–H groups in total. The van der Waals surface area contributed by atoms with Gasteiger partial charge in [0.1, 0.15) is 0 Å². The van der Waals surface area contributed by atoms with Crippen LogP contribution >= 0.6 is 0 Å². The Bertz CT molecular complexity index is 392. The van der Waals surface area contributed by atoms with Crippen molar-refractivity contribution in [3.05, 3.63) is 35.9 Å². The van der Waals surface area contributed by atoms with Crippen molar-refractivity contribution in [2.24, 2.45) is 5.73 Å². The molecule has 98 valence electrons. The van der Waals surface area contributed by atoms with Crippen LogP contribution in [0.2, 0.25) is 0 Å². The Morgan fingerprint density at radius 2 is 1.94 bits per heavy atom. The molecule has 1 rings (SSSR count). The molecule has 0 saturated carbocycles. The van der Waals surface area contributed by atoms with E-state index in [4.69, 9.17) is 10.5 Å². The van der Waals surface area contributed by atoms with Crippen molar-refractivity contribution in [2.75, 3.05) is 13.2 Å². The minimum absolute atomic E-state index is 0.131. The number of hydrogen-bond donors (Lipinski definition) is 1. The van der Waals surface area contributed by atoms with Crippen LogP contribution in [0.4, 0.5) is 4.79 Å². The maximum atomic E-state index is 11.7. The van der Waals surface area contributed by atoms with Crippen molar-refractivity contribution in [1.82, 2.24) is 4.90 Å². The van der Waals surface area contributed by atoms with Crippen molar-refractivity contribution in [3.8, 4) is 0 Å². The molecule has 1 aromatic carbocycles. The number of amides is 2. The average Bonchev–Trinajstić information content (AvgIpc) is 2.35. The number of hydrogen-bond acceptors (Lipinski definition) is 3. The second kappa shape index (κ2) is 7.32. The molecule has 0 bridgehead atoms. The van der Waals surface area contributed by atoms with Gasteiger partial charge in [0.15, 0.2) is 0 Å². The van der Waals surface area contributed by atoms with Gasteiger partial charge >= 0.3 is 6.09 Å². The molecule has 0 aromatic heterocycles. The Morgan fingerprint density at radius 1 is 1.28 bits per heavy atom. The van der Waals surface area contributed by atoms with Gasteiger partial charge in [0.2, 0.25) is 5.91 Å². The van der Waals surface area contributed by atoms with Gasteiger partial charge in [0.25, 0.3) is 0 Å². The van der Waals surface area contributed by atoms with E-state index < -0.39 is 12.0 Å². The van der Waals surface area contributed by atoms with Crippen LogP contribution in [-0.2, 0) is 16.1 Å². The number of carbonyl (C=O) groups excluding carboxylic acids is 2. The Kier molecular flexibility index (Phi) is 5.70. The third-order valence-corrected chi connectivity index (χ3v) is 2.37. The molecular weight excluding hydrogens is 232 g/mol. The van der Waals surface area contributed by atoms with Crippen LogP contribution in [0.15, 0.2) is 30.3 Å². The van der Waals surface area contributed by atoms with Crippen molar-refractivity contribution >= 4 is 12.0 Å². The zero-order valence-electron chi connectivity index (χ0n) is 10.5. The van der Waals surface area contributed by atoms with Gasteiger partial charge in [-0.1, -0.05) is 30.3 Å². The van der Waals surface area contributed by atoms with Crippen LogP contribution in [0.5, 0.6) is 0 Å². The lowest BCUT2D eigenvalue weighted by Crippen LogP contribution is -2.34. The number of nitrogens with two attached hydrogens (primary N) is 1. The standard InChI is InChI=1S/C13H18N2O3/c1-2-18-13(17)15(9-8-12(14)16)10-11-6-4-3-5-7-11/h3-7H,2,8-10H2,1H3,(H2,14,16). The number of ether oxygens (including phenoxy) is 1. The Balaban J connectivity index is 2.64. The summed E-state index contributed by atoms with van der Waals surface area (Å²) in [6, 6.07) is 9.52. The van der Waals surface area contributed by atoms with Crippen molar-refractivity contribution in [1.29, 1.82) is 0 Å². The minimum Gasteiger partial charge on any atom is -0.450 e. The van der Waals surface area contributed by atoms with E-state index in [1.165, 1.54) is 4.90 Å². The summed E-state index contributed by atoms with van der Waals surface area (Å²) in [6.07, 6.45) is -0.298. The molecule has 0 aliphatic carbocycles. The first-order valence-electron chi connectivity index (χ1n) is 5.87. The van der Waals surface area contributed by atoms with E-state index in [2.05, 4.69) is 0 Å². The number of rotatable bonds is 6. The highest BCUT2D eigenvalue weighted by atomic mass is 16.6. The van der Waals surface area contributed by atoms with E-state index in [9.17, 15) is 9.59 Å². The van der Waals surface area contributed by atoms with Gasteiger partial charge in [0.05, 0.1) is 6.61 Å². The lowest BCUT2D eigenvalue weighted by Gasteiger charge is -2.21. The van der Waals surface area contributed by atoms with Crippen LogP contribution < -0.4 is 5.73 Å². The third kappa shape index (κ3) is 4.86. The molecule has 0 fully saturated rings. The summed E-state index contributed by atoms with van der Waals surface area (Å²) in [6.45, 7) is 2.73. The molecule has 0 radical (unpaired) electrons. The van der Waals surface area contributed by atoms with E-state index >= 15 is 0 Å². The zero-order chi connectivity index (χ0) is 13.4. The van der Waals surface area contributed by atoms with Gasteiger partial charge < -0.3 is 15.4 Å². The van der Waals surface area contributed by atoms with Gasteiger partial charge in [-0.05, 0) is 12.5 Å². The van der Waals surface area contributed by atoms with Crippen LogP contribution in [0.1, 0.15) is 18.9 Å². The molecule has 5 nitrogen and oxygen atoms in total. The number of carbonyl (C=O) groups is 2. The van der Waals surface area contributed by atoms with Crippen LogP contribution in [0.25, 0.3) is 0 Å². The van der Waals surface area contributed by atoms with E-state index in [-0.39, 0.29) is 13.0 Å². The highest BCUT2D eigenvalue weighted by Gasteiger charge is 2.15. The van der Waals surface area contributed by atoms with Crippen molar-refractivity contribution in [3.63, 3.8) is 0 Å². The average molecular weight is 250 g/mol. The summed E-state index contributed by atoms with van der Waals surface area (Å²) >= 11 is 0. The normalized spacial score (nSPS) is 9.83. The Morgan fingerprint density at radius 3 is 2.50 bits per heavy atom. The van der Waals surface area contributed by atoms with E-state index in [0.29, 0.717) is 13.2 Å². The Labute approximate surface area is 107 Å². The second-order valence-electron chi connectivity index (χ2n) is 3.82. The van der Waals surface area contributed by atoms with Gasteiger partial charge in [-0.25, -0.2) is 4.79 Å². The number of benzene rings is 1. The number of nitrogens with zero attached hydrogens (tertiary/aromatic N) is 1. The van der Waals surface area contributed by atoms with Gasteiger partial charge in [-0.2, -0.15) is 0 Å². The molecule has 0 aliphatic heterocycles. The monoisotopic (exact) mass is 250 g/mol. The molecule has 0 atom stereocenters. The molecule has 1 aromatic rings. The largest absolute Gasteiger partial charge is 0.450 e. The molecular formula is C13H18N2O3. The zero-order valence-corrected chi connectivity index (χ0v) is 10.5. The van der Waals surface area contributed by atoms with Crippen LogP contribution in [0.3, 0.4) is 0 Å². The molecule has 5 heteroatoms. The fourth-order valence-corrected chi connectivity index (χ4v) is 1.50.